The van der Waals surface area contributed by atoms with E-state index in [0.717, 1.165) is 52.9 Å². The molecule has 14 rings (SSSR count). The smallest absolute Gasteiger partial charge is 0.430 e. The van der Waals surface area contributed by atoms with Gasteiger partial charge in [-0.1, -0.05) is 142 Å². The normalized spacial score (nSPS) is 23.8. The van der Waals surface area contributed by atoms with Crippen molar-refractivity contribution in [2.45, 2.75) is 208 Å². The average Bonchev–Trinajstić information content (AvgIpc) is 0.734. The van der Waals surface area contributed by atoms with Crippen molar-refractivity contribution >= 4 is 79.1 Å². The van der Waals surface area contributed by atoms with Crippen LogP contribution in [-0.2, 0) is 80.3 Å². The van der Waals surface area contributed by atoms with Crippen molar-refractivity contribution in [3.8, 4) is 0 Å². The van der Waals surface area contributed by atoms with Crippen LogP contribution in [0.2, 0.25) is 0 Å². The average molecular weight is 1520 g/mol. The minimum absolute atomic E-state index is 0.0229. The van der Waals surface area contributed by atoms with E-state index in [-0.39, 0.29) is 52.4 Å². The van der Waals surface area contributed by atoms with Crippen molar-refractivity contribution < 1.29 is 92.0 Å². The van der Waals surface area contributed by atoms with Gasteiger partial charge in [0.15, 0.2) is 29.4 Å². The van der Waals surface area contributed by atoms with E-state index in [0.29, 0.717) is 55.9 Å². The number of alkyl halides is 4. The number of carbonyl (C=O) groups is 6. The van der Waals surface area contributed by atoms with Gasteiger partial charge in [0.2, 0.25) is 11.6 Å². The summed E-state index contributed by atoms with van der Waals surface area (Å²) in [5, 5.41) is 11.6. The molecule has 16 nitrogen and oxygen atoms in total. The lowest BCUT2D eigenvalue weighted by Gasteiger charge is -2.59. The van der Waals surface area contributed by atoms with Crippen molar-refractivity contribution in [2.24, 2.45) is 34.5 Å². The zero-order chi connectivity index (χ0) is 77.7. The minimum Gasteiger partial charge on any atom is -0.459 e. The molecule has 8 bridgehead atoms. The van der Waals surface area contributed by atoms with E-state index in [9.17, 15) is 63.8 Å². The molecule has 8 aliphatic carbocycles. The van der Waals surface area contributed by atoms with Gasteiger partial charge in [0, 0.05) is 23.8 Å². The number of hydrogen-bond donors (Lipinski definition) is 4. The van der Waals surface area contributed by atoms with Crippen LogP contribution >= 0.6 is 0 Å². The van der Waals surface area contributed by atoms with E-state index >= 15 is 0 Å². The molecule has 5 atom stereocenters. The summed E-state index contributed by atoms with van der Waals surface area (Å²) in [6.45, 7) is 22.7. The number of esters is 2. The second kappa shape index (κ2) is 34.9. The largest absolute Gasteiger partial charge is 0.459 e. The number of aryl methyl sites for hydroxylation is 2. The van der Waals surface area contributed by atoms with Crippen LogP contribution in [0, 0.1) is 48.3 Å². The Morgan fingerprint density at radius 3 is 1.02 bits per heavy atom. The fourth-order valence-electron chi connectivity index (χ4n) is 15.8. The molecule has 8 saturated carbocycles. The van der Waals surface area contributed by atoms with Crippen molar-refractivity contribution in [1.29, 1.82) is 0 Å². The maximum atomic E-state index is 14.0. The van der Waals surface area contributed by atoms with Crippen molar-refractivity contribution in [3.63, 3.8) is 0 Å². The molecule has 24 heteroatoms. The predicted octanol–water partition coefficient (Wildman–Crippen LogP) is 16.1. The molecule has 8 fully saturated rings. The van der Waals surface area contributed by atoms with Crippen molar-refractivity contribution in [2.75, 3.05) is 0 Å². The number of hydrogen-bond acceptors (Lipinski definition) is 14. The summed E-state index contributed by atoms with van der Waals surface area (Å²) in [4.78, 5) is 71.9. The molecule has 6 aromatic carbocycles. The SMILES string of the molecule is C=C(C)C(=O)C(F)(F)S(=O)(=O)O.C=C(C)C(=O)OC12CC3CC(CC(O)(C3)C1)C2.C=O.C=O.CCC(C)(CC(C)(C)C(=O)C(F)(F)S(=O)(=O)O)C(=O)OC12CC3CC(CC(O)(C3)C1)C2.Cc1ccc([S+](c2ccccc2)c2ccccc2)cc1.Cc1ccc([S+](c2ccccc2)c2ccccc2)cc1. The Kier molecular flexibility index (Phi) is 28.7. The van der Waals surface area contributed by atoms with Crippen LogP contribution in [-0.4, -0.2) is 106 Å². The highest BCUT2D eigenvalue weighted by atomic mass is 32.2. The first-order chi connectivity index (χ1) is 48.6. The van der Waals surface area contributed by atoms with Gasteiger partial charge in [-0.3, -0.25) is 23.5 Å². The molecule has 4 N–H and O–H groups in total. The summed E-state index contributed by atoms with van der Waals surface area (Å²) in [7, 11) is -11.7. The van der Waals surface area contributed by atoms with Gasteiger partial charge in [0.1, 0.15) is 24.8 Å². The zero-order valence-corrected chi connectivity index (χ0v) is 63.3. The molecule has 8 aliphatic rings. The predicted molar refractivity (Wildman–Crippen MR) is 393 cm³/mol. The summed E-state index contributed by atoms with van der Waals surface area (Å²) in [6.07, 6.45) is 9.34. The molecular formula is C80H96F4O16S4+2. The second-order valence-corrected chi connectivity index (χ2v) is 36.2. The summed E-state index contributed by atoms with van der Waals surface area (Å²) in [5.74, 6) is -3.29. The maximum absolute atomic E-state index is 14.0. The quantitative estimate of drug-likeness (QED) is 0.0193. The standard InChI is InChI=1S/C21H32F2O7S.2C19H17S.C14H20O3.C5H6F2O4S.2CH2O/c1-5-18(4,11-17(2,3)15(24)21(22,23)31(27,28)29)16(25)30-20-9-13-6-14(10-20)8-19(26,7-13)12-20;2*1-16-12-14-19(15-13-16)20(17-8-4-2-5-9-17)18-10-6-3-7-11-18;1-9(2)12(15)17-14-6-10-3-11(7-14)5-13(16,4-10)8-14;1-3(2)4(8)5(6,7)12(9,10)11;2*1-2/h13-14,26H,5-12H2,1-4H3,(H,27,28,29);2*2-15H,1H3;10-11,16H,1,3-8H2,2H3;1H2,2H3,(H,9,10,11);2*1H2/q;2*+1;;;;. The zero-order valence-electron chi connectivity index (χ0n) is 60.0. The van der Waals surface area contributed by atoms with Gasteiger partial charge in [-0.15, -0.1) is 0 Å². The molecule has 0 heterocycles. The number of allylic oxidation sites excluding steroid dienone is 1. The monoisotopic (exact) mass is 1520 g/mol. The summed E-state index contributed by atoms with van der Waals surface area (Å²) in [6, 6.07) is 60.8. The van der Waals surface area contributed by atoms with Gasteiger partial charge in [0.05, 0.1) is 38.4 Å². The number of benzene rings is 6. The van der Waals surface area contributed by atoms with Crippen LogP contribution in [0.5, 0.6) is 0 Å². The number of ketones is 2. The highest BCUT2D eigenvalue weighted by molar-refractivity contribution is 7.97. The van der Waals surface area contributed by atoms with Crippen LogP contribution in [0.15, 0.2) is 224 Å². The van der Waals surface area contributed by atoms with Crippen LogP contribution in [0.4, 0.5) is 17.6 Å². The number of aliphatic hydroxyl groups is 2. The first kappa shape index (κ1) is 85.5. The van der Waals surface area contributed by atoms with E-state index in [1.54, 1.807) is 13.8 Å². The third-order valence-electron chi connectivity index (χ3n) is 19.6. The molecule has 0 aliphatic heterocycles. The number of carbonyl (C=O) groups excluding carboxylic acids is 6. The third-order valence-corrected chi connectivity index (χ3v) is 25.8. The van der Waals surface area contributed by atoms with Gasteiger partial charge in [0.25, 0.3) is 0 Å². The fourth-order valence-corrected chi connectivity index (χ4v) is 20.9. The van der Waals surface area contributed by atoms with E-state index in [2.05, 4.69) is 197 Å². The minimum atomic E-state index is -5.94. The molecule has 0 spiro atoms. The van der Waals surface area contributed by atoms with Gasteiger partial charge in [-0.05, 0) is 214 Å². The molecule has 0 aromatic heterocycles. The molecule has 5 unspecified atom stereocenters. The van der Waals surface area contributed by atoms with Gasteiger partial charge in [-0.25, -0.2) is 4.79 Å². The lowest BCUT2D eigenvalue weighted by Crippen LogP contribution is -2.61. The van der Waals surface area contributed by atoms with E-state index in [1.165, 1.54) is 53.8 Å². The Labute approximate surface area is 614 Å². The molecule has 0 radical (unpaired) electrons. The van der Waals surface area contributed by atoms with E-state index in [4.69, 9.17) is 28.2 Å². The van der Waals surface area contributed by atoms with Crippen LogP contribution in [0.3, 0.4) is 0 Å². The Hall–Kier alpha value is -7.42. The summed E-state index contributed by atoms with van der Waals surface area (Å²) >= 11 is 0. The van der Waals surface area contributed by atoms with Gasteiger partial charge in [-0.2, -0.15) is 34.4 Å². The lowest BCUT2D eigenvalue weighted by atomic mass is 9.52. The Balaban J connectivity index is 0.000000208. The number of Topliss-reactive ketones (excluding diaryl/α,β-unsaturated/α-hetero) is 2. The first-order valence-corrected chi connectivity index (χ1v) is 39.3. The first-order valence-electron chi connectivity index (χ1n) is 34.0. The third kappa shape index (κ3) is 21.2. The molecule has 0 saturated heterocycles. The Bertz CT molecular complexity index is 3930. The molecular weight excluding hydrogens is 1420 g/mol. The number of rotatable bonds is 19. The Morgan fingerprint density at radius 1 is 0.481 bits per heavy atom. The highest BCUT2D eigenvalue weighted by Crippen LogP contribution is 2.61. The van der Waals surface area contributed by atoms with Gasteiger partial charge < -0.3 is 29.3 Å². The molecule has 104 heavy (non-hydrogen) atoms. The number of halogens is 4. The van der Waals surface area contributed by atoms with Crippen molar-refractivity contribution in [3.05, 3.63) is 205 Å². The van der Waals surface area contributed by atoms with Crippen LogP contribution in [0.1, 0.15) is 143 Å². The topological polar surface area (TPSA) is 270 Å². The number of ether oxygens (including phenoxy) is 2. The molecule has 0 amide bonds. The summed E-state index contributed by atoms with van der Waals surface area (Å²) in [5.41, 5.74) is -3.45. The summed E-state index contributed by atoms with van der Waals surface area (Å²) < 4.78 is 123. The highest BCUT2D eigenvalue weighted by Gasteiger charge is 2.63. The Morgan fingerprint density at radius 2 is 0.769 bits per heavy atom. The second-order valence-electron chi connectivity index (χ2n) is 29.2. The molecule has 562 valence electrons. The maximum Gasteiger partial charge on any atom is 0.430 e. The molecule has 6 aromatic rings. The van der Waals surface area contributed by atoms with Crippen LogP contribution < -0.4 is 0 Å². The van der Waals surface area contributed by atoms with E-state index < -0.39 is 87.1 Å². The fraction of sp³-hybridized carbons (Fsp3) is 0.425. The van der Waals surface area contributed by atoms with E-state index in [1.807, 2.05) is 13.6 Å². The van der Waals surface area contributed by atoms with Gasteiger partial charge >= 0.3 is 42.7 Å². The van der Waals surface area contributed by atoms with Crippen LogP contribution in [0.25, 0.3) is 0 Å². The van der Waals surface area contributed by atoms with Crippen molar-refractivity contribution in [1.82, 2.24) is 0 Å². The lowest BCUT2D eigenvalue weighted by molar-refractivity contribution is -0.227.